The number of hydrogen-bond donors (Lipinski definition) is 0. The third-order valence-corrected chi connectivity index (χ3v) is 6.93. The lowest BCUT2D eigenvalue weighted by atomic mass is 10.0. The smallest absolute Gasteiger partial charge is 0.258 e. The highest BCUT2D eigenvalue weighted by Gasteiger charge is 2.27. The highest BCUT2D eigenvalue weighted by molar-refractivity contribution is 6.09. The van der Waals surface area contributed by atoms with Gasteiger partial charge in [-0.2, -0.15) is 0 Å². The van der Waals surface area contributed by atoms with Gasteiger partial charge in [0.05, 0.1) is 12.2 Å². The summed E-state index contributed by atoms with van der Waals surface area (Å²) in [6, 6.07) is 14.1. The van der Waals surface area contributed by atoms with Crippen LogP contribution in [0, 0.1) is 6.92 Å². The van der Waals surface area contributed by atoms with E-state index in [4.69, 9.17) is 14.7 Å². The van der Waals surface area contributed by atoms with Crippen LogP contribution in [0.25, 0.3) is 10.8 Å². The fourth-order valence-electron chi connectivity index (χ4n) is 4.94. The van der Waals surface area contributed by atoms with Crippen molar-refractivity contribution in [3.63, 3.8) is 0 Å². The van der Waals surface area contributed by atoms with E-state index in [0.29, 0.717) is 31.0 Å². The van der Waals surface area contributed by atoms with Crippen LogP contribution in [-0.2, 0) is 0 Å². The fourth-order valence-corrected chi connectivity index (χ4v) is 4.94. The largest absolute Gasteiger partial charge is 0.493 e. The van der Waals surface area contributed by atoms with Gasteiger partial charge in [0, 0.05) is 58.4 Å². The summed E-state index contributed by atoms with van der Waals surface area (Å²) in [6.07, 6.45) is 0. The Balaban J connectivity index is 1.33. The highest BCUT2D eigenvalue weighted by atomic mass is 16.5. The van der Waals surface area contributed by atoms with Gasteiger partial charge in [0.25, 0.3) is 5.91 Å². The summed E-state index contributed by atoms with van der Waals surface area (Å²) >= 11 is 0. The number of nitrogens with zero attached hydrogens (tertiary/aromatic N) is 6. The van der Waals surface area contributed by atoms with Crippen molar-refractivity contribution in [2.75, 3.05) is 75.8 Å². The van der Waals surface area contributed by atoms with Crippen molar-refractivity contribution in [3.05, 3.63) is 53.9 Å². The maximum atomic E-state index is 13.7. The summed E-state index contributed by atoms with van der Waals surface area (Å²) < 4.78 is 5.86. The van der Waals surface area contributed by atoms with Crippen molar-refractivity contribution in [2.24, 2.45) is 0 Å². The first-order valence-electron chi connectivity index (χ1n) is 12.5. The van der Waals surface area contributed by atoms with Crippen molar-refractivity contribution >= 4 is 28.3 Å². The number of benzene rings is 2. The van der Waals surface area contributed by atoms with Gasteiger partial charge in [0.1, 0.15) is 23.2 Å². The molecule has 2 aliphatic heterocycles. The number of aromatic nitrogens is 2. The van der Waals surface area contributed by atoms with E-state index in [1.54, 1.807) is 0 Å². The molecule has 0 atom stereocenters. The lowest BCUT2D eigenvalue weighted by molar-refractivity contribution is 0.0744. The predicted molar refractivity (Wildman–Crippen MR) is 140 cm³/mol. The minimum absolute atomic E-state index is 0.0295. The first-order chi connectivity index (χ1) is 17.0. The van der Waals surface area contributed by atoms with E-state index in [2.05, 4.69) is 27.8 Å². The molecule has 1 amide bonds. The van der Waals surface area contributed by atoms with Crippen molar-refractivity contribution in [3.8, 4) is 5.75 Å². The van der Waals surface area contributed by atoms with E-state index in [-0.39, 0.29) is 5.91 Å². The highest BCUT2D eigenvalue weighted by Crippen LogP contribution is 2.30. The summed E-state index contributed by atoms with van der Waals surface area (Å²) in [5.74, 6) is 3.41. The average Bonchev–Trinajstić information content (AvgIpc) is 2.88. The quantitative estimate of drug-likeness (QED) is 0.563. The monoisotopic (exact) mass is 474 g/mol. The molecule has 0 bridgehead atoms. The Labute approximate surface area is 207 Å². The molecular weight excluding hydrogens is 440 g/mol. The van der Waals surface area contributed by atoms with Crippen LogP contribution in [0.1, 0.15) is 23.1 Å². The SMILES string of the molecule is CCOc1ccc2ccccc2c1C(=O)N1CCN(c2cc(N3CCN(C)CC3)nc(C)n2)CC1. The van der Waals surface area contributed by atoms with E-state index in [9.17, 15) is 4.79 Å². The lowest BCUT2D eigenvalue weighted by Crippen LogP contribution is -2.49. The van der Waals surface area contributed by atoms with Crippen LogP contribution in [0.5, 0.6) is 5.75 Å². The Morgan fingerprint density at radius 3 is 2.17 bits per heavy atom. The first-order valence-corrected chi connectivity index (χ1v) is 12.5. The standard InChI is InChI=1S/C27H34N6O2/c1-4-35-23-10-9-21-7-5-6-8-22(21)26(23)27(34)33-17-15-32(16-18-33)25-19-24(28-20(2)29-25)31-13-11-30(3)12-14-31/h5-10,19H,4,11-18H2,1-3H3. The van der Waals surface area contributed by atoms with Gasteiger partial charge in [-0.3, -0.25) is 4.79 Å². The van der Waals surface area contributed by atoms with Crippen molar-refractivity contribution in [1.82, 2.24) is 19.8 Å². The van der Waals surface area contributed by atoms with Crippen LogP contribution in [0.2, 0.25) is 0 Å². The minimum Gasteiger partial charge on any atom is -0.493 e. The molecule has 2 fully saturated rings. The molecule has 3 heterocycles. The summed E-state index contributed by atoms with van der Waals surface area (Å²) in [5, 5.41) is 1.99. The molecule has 1 aromatic heterocycles. The number of hydrogen-bond acceptors (Lipinski definition) is 7. The third kappa shape index (κ3) is 4.89. The molecule has 5 rings (SSSR count). The van der Waals surface area contributed by atoms with Crippen molar-refractivity contribution in [2.45, 2.75) is 13.8 Å². The van der Waals surface area contributed by atoms with Gasteiger partial charge in [-0.05, 0) is 37.7 Å². The molecule has 2 aliphatic rings. The number of anilines is 2. The zero-order chi connectivity index (χ0) is 24.4. The van der Waals surface area contributed by atoms with E-state index < -0.39 is 0 Å². The van der Waals surface area contributed by atoms with Crippen molar-refractivity contribution < 1.29 is 9.53 Å². The van der Waals surface area contributed by atoms with E-state index in [1.807, 2.05) is 55.1 Å². The fraction of sp³-hybridized carbons (Fsp3) is 0.444. The van der Waals surface area contributed by atoms with Crippen LogP contribution < -0.4 is 14.5 Å². The summed E-state index contributed by atoms with van der Waals surface area (Å²) in [4.78, 5) is 32.0. The molecule has 8 heteroatoms. The molecule has 0 saturated carbocycles. The molecule has 0 aliphatic carbocycles. The summed E-state index contributed by atoms with van der Waals surface area (Å²) in [7, 11) is 2.16. The molecule has 3 aromatic rings. The number of likely N-dealkylation sites (N-methyl/N-ethyl adjacent to an activating group) is 1. The Morgan fingerprint density at radius 2 is 1.51 bits per heavy atom. The second-order valence-electron chi connectivity index (χ2n) is 9.29. The average molecular weight is 475 g/mol. The number of rotatable bonds is 5. The maximum Gasteiger partial charge on any atom is 0.258 e. The van der Waals surface area contributed by atoms with Crippen LogP contribution >= 0.6 is 0 Å². The zero-order valence-electron chi connectivity index (χ0n) is 20.9. The molecule has 8 nitrogen and oxygen atoms in total. The Bertz CT molecular complexity index is 1200. The number of amides is 1. The second kappa shape index (κ2) is 10.1. The van der Waals surface area contributed by atoms with Crippen LogP contribution in [0.15, 0.2) is 42.5 Å². The van der Waals surface area contributed by atoms with Gasteiger partial charge in [-0.15, -0.1) is 0 Å². The number of carbonyl (C=O) groups is 1. The van der Waals surface area contributed by atoms with Gasteiger partial charge in [-0.1, -0.05) is 30.3 Å². The molecule has 0 unspecified atom stereocenters. The predicted octanol–water partition coefficient (Wildman–Crippen LogP) is 3.05. The molecule has 0 spiro atoms. The Kier molecular flexibility index (Phi) is 6.72. The molecule has 184 valence electrons. The first kappa shape index (κ1) is 23.4. The van der Waals surface area contributed by atoms with Crippen LogP contribution in [0.4, 0.5) is 11.6 Å². The van der Waals surface area contributed by atoms with Gasteiger partial charge < -0.3 is 24.3 Å². The van der Waals surface area contributed by atoms with Crippen molar-refractivity contribution in [1.29, 1.82) is 0 Å². The minimum atomic E-state index is 0.0295. The Morgan fingerprint density at radius 1 is 0.886 bits per heavy atom. The van der Waals surface area contributed by atoms with E-state index in [1.165, 1.54) is 0 Å². The number of carbonyl (C=O) groups excluding carboxylic acids is 1. The number of piperazine rings is 2. The molecule has 2 saturated heterocycles. The second-order valence-corrected chi connectivity index (χ2v) is 9.29. The topological polar surface area (TPSA) is 65.0 Å². The third-order valence-electron chi connectivity index (χ3n) is 6.93. The van der Waals surface area contributed by atoms with E-state index >= 15 is 0 Å². The normalized spacial score (nSPS) is 17.2. The Hall–Kier alpha value is -3.39. The number of fused-ring (bicyclic) bond motifs is 1. The summed E-state index contributed by atoms with van der Waals surface area (Å²) in [6.45, 7) is 11.2. The van der Waals surface area contributed by atoms with Gasteiger partial charge in [-0.25, -0.2) is 9.97 Å². The van der Waals surface area contributed by atoms with Gasteiger partial charge in [0.15, 0.2) is 0 Å². The van der Waals surface area contributed by atoms with Crippen LogP contribution in [-0.4, -0.2) is 91.7 Å². The van der Waals surface area contributed by atoms with Gasteiger partial charge in [0.2, 0.25) is 0 Å². The van der Waals surface area contributed by atoms with E-state index in [0.717, 1.165) is 67.5 Å². The molecule has 2 aromatic carbocycles. The van der Waals surface area contributed by atoms with Gasteiger partial charge >= 0.3 is 0 Å². The molecular formula is C27H34N6O2. The molecule has 35 heavy (non-hydrogen) atoms. The maximum absolute atomic E-state index is 13.7. The zero-order valence-corrected chi connectivity index (χ0v) is 20.9. The number of aryl methyl sites for hydroxylation is 1. The molecule has 0 N–H and O–H groups in total. The summed E-state index contributed by atoms with van der Waals surface area (Å²) in [5.41, 5.74) is 0.661. The van der Waals surface area contributed by atoms with Crippen LogP contribution in [0.3, 0.4) is 0 Å². The molecule has 0 radical (unpaired) electrons. The lowest BCUT2D eigenvalue weighted by Gasteiger charge is -2.37. The number of ether oxygens (including phenoxy) is 1.